The summed E-state index contributed by atoms with van der Waals surface area (Å²) in [6.45, 7) is 0. The Morgan fingerprint density at radius 2 is 2.00 bits per heavy atom. The van der Waals surface area contributed by atoms with Gasteiger partial charge in [0.15, 0.2) is 6.29 Å². The molecule has 0 unspecified atom stereocenters. The number of nitrogens with two attached hydrogens (primary N) is 1. The maximum Gasteiger partial charge on any atom is 0.573 e. The third-order valence-electron chi connectivity index (χ3n) is 1.54. The normalized spacial score (nSPS) is 11.2. The number of nitrogen functional groups attached to an aromatic ring is 1. The Kier molecular flexibility index (Phi) is 3.23. The Morgan fingerprint density at radius 3 is 2.47 bits per heavy atom. The molecule has 0 aliphatic rings. The zero-order chi connectivity index (χ0) is 11.6. The van der Waals surface area contributed by atoms with Crippen molar-refractivity contribution in [3.63, 3.8) is 0 Å². The quantitative estimate of drug-likeness (QED) is 0.671. The molecule has 0 aliphatic heterocycles. The first-order valence-corrected chi connectivity index (χ1v) is 4.43. The highest BCUT2D eigenvalue weighted by Gasteiger charge is 2.32. The van der Waals surface area contributed by atoms with Gasteiger partial charge in [-0.1, -0.05) is 0 Å². The van der Waals surface area contributed by atoms with Gasteiger partial charge in [0.05, 0.1) is 11.3 Å². The van der Waals surface area contributed by atoms with Crippen LogP contribution >= 0.6 is 15.9 Å². The number of hydrogen-bond donors (Lipinski definition) is 1. The molecule has 82 valence electrons. The Morgan fingerprint density at radius 1 is 1.40 bits per heavy atom. The van der Waals surface area contributed by atoms with Crippen LogP contribution in [-0.2, 0) is 0 Å². The molecule has 2 N–H and O–H groups in total. The Balaban J connectivity index is 3.19. The molecule has 0 saturated heterocycles. The van der Waals surface area contributed by atoms with Crippen LogP contribution in [0.15, 0.2) is 16.6 Å². The lowest BCUT2D eigenvalue weighted by Crippen LogP contribution is -2.18. The monoisotopic (exact) mass is 283 g/mol. The number of aldehydes is 1. The molecule has 0 spiro atoms. The van der Waals surface area contributed by atoms with Gasteiger partial charge in [0.2, 0.25) is 0 Å². The molecule has 7 heteroatoms. The first-order valence-electron chi connectivity index (χ1n) is 3.64. The van der Waals surface area contributed by atoms with E-state index in [1.54, 1.807) is 0 Å². The number of benzene rings is 1. The van der Waals surface area contributed by atoms with E-state index >= 15 is 0 Å². The molecule has 0 aliphatic carbocycles. The summed E-state index contributed by atoms with van der Waals surface area (Å²) >= 11 is 2.98. The third-order valence-corrected chi connectivity index (χ3v) is 2.23. The molecule has 1 aromatic rings. The molecule has 0 fully saturated rings. The van der Waals surface area contributed by atoms with Crippen LogP contribution in [0.4, 0.5) is 18.9 Å². The van der Waals surface area contributed by atoms with Crippen LogP contribution in [0.25, 0.3) is 0 Å². The van der Waals surface area contributed by atoms with Crippen molar-refractivity contribution in [2.45, 2.75) is 6.36 Å². The molecule has 0 aromatic heterocycles. The van der Waals surface area contributed by atoms with Gasteiger partial charge >= 0.3 is 6.36 Å². The number of ether oxygens (including phenoxy) is 1. The van der Waals surface area contributed by atoms with Crippen LogP contribution < -0.4 is 10.5 Å². The topological polar surface area (TPSA) is 52.3 Å². The van der Waals surface area contributed by atoms with Crippen molar-refractivity contribution in [2.24, 2.45) is 0 Å². The van der Waals surface area contributed by atoms with Crippen LogP contribution in [0.2, 0.25) is 0 Å². The SMILES string of the molecule is Nc1c(Br)ccc(OC(F)(F)F)c1C=O. The highest BCUT2D eigenvalue weighted by Crippen LogP contribution is 2.33. The fourth-order valence-electron chi connectivity index (χ4n) is 0.925. The summed E-state index contributed by atoms with van der Waals surface area (Å²) in [7, 11) is 0. The van der Waals surface area contributed by atoms with E-state index in [0.717, 1.165) is 6.07 Å². The van der Waals surface area contributed by atoms with E-state index in [1.807, 2.05) is 0 Å². The number of carbonyl (C=O) groups is 1. The smallest absolute Gasteiger partial charge is 0.405 e. The molecule has 0 amide bonds. The zero-order valence-electron chi connectivity index (χ0n) is 7.14. The van der Waals surface area contributed by atoms with E-state index in [-0.39, 0.29) is 17.5 Å². The van der Waals surface area contributed by atoms with E-state index in [0.29, 0.717) is 4.47 Å². The van der Waals surface area contributed by atoms with E-state index in [4.69, 9.17) is 5.73 Å². The number of anilines is 1. The molecule has 15 heavy (non-hydrogen) atoms. The van der Waals surface area contributed by atoms with Crippen LogP contribution in [-0.4, -0.2) is 12.6 Å². The van der Waals surface area contributed by atoms with Crippen molar-refractivity contribution < 1.29 is 22.7 Å². The summed E-state index contributed by atoms with van der Waals surface area (Å²) < 4.78 is 39.7. The van der Waals surface area contributed by atoms with Gasteiger partial charge in [0, 0.05) is 4.47 Å². The van der Waals surface area contributed by atoms with Crippen molar-refractivity contribution in [3.8, 4) is 5.75 Å². The van der Waals surface area contributed by atoms with E-state index in [9.17, 15) is 18.0 Å². The number of rotatable bonds is 2. The van der Waals surface area contributed by atoms with Crippen LogP contribution in [0.5, 0.6) is 5.75 Å². The van der Waals surface area contributed by atoms with Crippen molar-refractivity contribution >= 4 is 27.9 Å². The molecule has 0 atom stereocenters. The minimum atomic E-state index is -4.85. The van der Waals surface area contributed by atoms with Crippen molar-refractivity contribution in [3.05, 3.63) is 22.2 Å². The van der Waals surface area contributed by atoms with Gasteiger partial charge in [0.1, 0.15) is 5.75 Å². The number of alkyl halides is 3. The minimum absolute atomic E-state index is 0.0910. The standard InChI is InChI=1S/C8H5BrF3NO2/c9-5-1-2-6(15-8(10,11)12)4(3-14)7(5)13/h1-3H,13H2. The molecule has 1 rings (SSSR count). The highest BCUT2D eigenvalue weighted by molar-refractivity contribution is 9.10. The van der Waals surface area contributed by atoms with E-state index in [2.05, 4.69) is 20.7 Å². The van der Waals surface area contributed by atoms with Gasteiger partial charge in [-0.25, -0.2) is 0 Å². The van der Waals surface area contributed by atoms with Gasteiger partial charge in [-0.3, -0.25) is 4.79 Å². The lowest BCUT2D eigenvalue weighted by atomic mass is 10.2. The van der Waals surface area contributed by atoms with E-state index in [1.165, 1.54) is 6.07 Å². The number of halogens is 4. The van der Waals surface area contributed by atoms with Gasteiger partial charge in [-0.05, 0) is 28.1 Å². The average Bonchev–Trinajstić information content (AvgIpc) is 2.10. The van der Waals surface area contributed by atoms with Crippen molar-refractivity contribution in [2.75, 3.05) is 5.73 Å². The second-order valence-electron chi connectivity index (χ2n) is 2.54. The number of carbonyl (C=O) groups excluding carboxylic acids is 1. The largest absolute Gasteiger partial charge is 0.573 e. The maximum absolute atomic E-state index is 11.9. The first kappa shape index (κ1) is 11.8. The molecular weight excluding hydrogens is 279 g/mol. The van der Waals surface area contributed by atoms with Gasteiger partial charge in [-0.15, -0.1) is 13.2 Å². The molecule has 0 bridgehead atoms. The lowest BCUT2D eigenvalue weighted by molar-refractivity contribution is -0.274. The van der Waals surface area contributed by atoms with Crippen LogP contribution in [0.1, 0.15) is 10.4 Å². The molecule has 0 radical (unpaired) electrons. The Bertz CT molecular complexity index is 392. The average molecular weight is 284 g/mol. The molecule has 0 saturated carbocycles. The molecule has 0 heterocycles. The van der Waals surface area contributed by atoms with Crippen molar-refractivity contribution in [1.82, 2.24) is 0 Å². The molecular formula is C8H5BrF3NO2. The second-order valence-corrected chi connectivity index (χ2v) is 3.39. The minimum Gasteiger partial charge on any atom is -0.405 e. The fourth-order valence-corrected chi connectivity index (χ4v) is 1.27. The number of hydrogen-bond acceptors (Lipinski definition) is 3. The summed E-state index contributed by atoms with van der Waals surface area (Å²) in [6, 6.07) is 2.28. The lowest BCUT2D eigenvalue weighted by Gasteiger charge is -2.12. The van der Waals surface area contributed by atoms with Crippen molar-refractivity contribution in [1.29, 1.82) is 0 Å². The predicted molar refractivity (Wildman–Crippen MR) is 50.6 cm³/mol. The summed E-state index contributed by atoms with van der Waals surface area (Å²) in [6.07, 6.45) is -4.64. The van der Waals surface area contributed by atoms with Gasteiger partial charge < -0.3 is 10.5 Å². The third kappa shape index (κ3) is 2.85. The van der Waals surface area contributed by atoms with Crippen LogP contribution in [0, 0.1) is 0 Å². The highest BCUT2D eigenvalue weighted by atomic mass is 79.9. The molecule has 1 aromatic carbocycles. The van der Waals surface area contributed by atoms with Crippen LogP contribution in [0.3, 0.4) is 0 Å². The summed E-state index contributed by atoms with van der Waals surface area (Å²) in [5, 5.41) is 0. The summed E-state index contributed by atoms with van der Waals surface area (Å²) in [5.41, 5.74) is 4.96. The summed E-state index contributed by atoms with van der Waals surface area (Å²) in [5.74, 6) is -0.613. The maximum atomic E-state index is 11.9. The van der Waals surface area contributed by atoms with Gasteiger partial charge in [0.25, 0.3) is 0 Å². The Hall–Kier alpha value is -1.24. The predicted octanol–water partition coefficient (Wildman–Crippen LogP) is 2.74. The second kappa shape index (κ2) is 4.09. The zero-order valence-corrected chi connectivity index (χ0v) is 8.72. The van der Waals surface area contributed by atoms with E-state index < -0.39 is 12.1 Å². The first-order chi connectivity index (χ1) is 6.85. The Labute approximate surface area is 91.1 Å². The van der Waals surface area contributed by atoms with Gasteiger partial charge in [-0.2, -0.15) is 0 Å². The summed E-state index contributed by atoms with van der Waals surface area (Å²) in [4.78, 5) is 10.5. The molecule has 3 nitrogen and oxygen atoms in total. The fraction of sp³-hybridized carbons (Fsp3) is 0.125.